The maximum Gasteiger partial charge on any atom is 0.144 e. The molecule has 2 aliphatic rings. The summed E-state index contributed by atoms with van der Waals surface area (Å²) in [7, 11) is 0. The van der Waals surface area contributed by atoms with E-state index in [2.05, 4.69) is 67.8 Å². The van der Waals surface area contributed by atoms with Gasteiger partial charge in [0.15, 0.2) is 0 Å². The van der Waals surface area contributed by atoms with Crippen LogP contribution in [0.3, 0.4) is 0 Å². The molecule has 0 unspecified atom stereocenters. The number of hydrogen-bond donors (Lipinski definition) is 1. The minimum Gasteiger partial charge on any atom is -0.550 e. The number of fused-ring (bicyclic) bond motifs is 1. The summed E-state index contributed by atoms with van der Waals surface area (Å²) in [5, 5.41) is 11.0. The highest BCUT2D eigenvalue weighted by atomic mass is 16.5. The Morgan fingerprint density at radius 3 is 2.35 bits per heavy atom. The van der Waals surface area contributed by atoms with E-state index in [4.69, 9.17) is 10.5 Å². The number of nitrogens with zero attached hydrogens (tertiary/aromatic N) is 2. The van der Waals surface area contributed by atoms with Crippen LogP contribution in [0.15, 0.2) is 42.5 Å². The lowest BCUT2D eigenvalue weighted by atomic mass is 9.98. The van der Waals surface area contributed by atoms with E-state index in [-0.39, 0.29) is 17.1 Å². The van der Waals surface area contributed by atoms with Crippen LogP contribution in [0, 0.1) is 11.8 Å². The van der Waals surface area contributed by atoms with Gasteiger partial charge in [-0.2, -0.15) is 0 Å². The fraction of sp³-hybridized carbons (Fsp3) is 0.536. The van der Waals surface area contributed by atoms with E-state index in [0.717, 1.165) is 35.8 Å². The summed E-state index contributed by atoms with van der Waals surface area (Å²) >= 11 is 0. The first-order valence-electron chi connectivity index (χ1n) is 12.2. The van der Waals surface area contributed by atoms with Crippen LogP contribution in [0.4, 0.5) is 17.1 Å². The first kappa shape index (κ1) is 25.9. The number of carboxylic acid groups (broad SMARTS) is 1. The van der Waals surface area contributed by atoms with Crippen molar-refractivity contribution in [3.8, 4) is 5.75 Å². The second-order valence-electron chi connectivity index (χ2n) is 11.7. The highest BCUT2D eigenvalue weighted by molar-refractivity contribution is 5.76. The standard InChI is InChI=1S/C24H30N2O3.C4H11N/c1-16(2)10-17-8-9-21-22(11-17)29-24(3,4)15-26(21)20-7-5-6-19(12-20)25-13-18(14-25)23(27)28;1-4(2,3)5/h5-9,11-12,16,18H,10,13-15H2,1-4H3,(H,27,28);5H2,1-3H3/p-1. The number of nitrogens with two attached hydrogens (primary N) is 1. The number of hydrogen-bond acceptors (Lipinski definition) is 6. The van der Waals surface area contributed by atoms with Crippen molar-refractivity contribution in [3.05, 3.63) is 48.0 Å². The molecule has 0 aliphatic carbocycles. The second-order valence-corrected chi connectivity index (χ2v) is 11.7. The molecule has 0 spiro atoms. The largest absolute Gasteiger partial charge is 0.550 e. The van der Waals surface area contributed by atoms with E-state index in [1.165, 1.54) is 5.56 Å². The molecule has 2 N–H and O–H groups in total. The van der Waals surface area contributed by atoms with E-state index in [1.54, 1.807) is 0 Å². The Bertz CT molecular complexity index is 998. The molecule has 0 atom stereocenters. The summed E-state index contributed by atoms with van der Waals surface area (Å²) in [6, 6.07) is 14.8. The molecule has 6 nitrogen and oxygen atoms in total. The van der Waals surface area contributed by atoms with Crippen molar-refractivity contribution in [2.75, 3.05) is 29.4 Å². The zero-order valence-corrected chi connectivity index (χ0v) is 21.7. The minimum absolute atomic E-state index is 0. The smallest absolute Gasteiger partial charge is 0.144 e. The van der Waals surface area contributed by atoms with Crippen molar-refractivity contribution in [1.29, 1.82) is 0 Å². The van der Waals surface area contributed by atoms with Crippen LogP contribution in [0.1, 0.15) is 54.0 Å². The highest BCUT2D eigenvalue weighted by Crippen LogP contribution is 2.43. The van der Waals surface area contributed by atoms with Crippen LogP contribution in [0.2, 0.25) is 0 Å². The van der Waals surface area contributed by atoms with E-state index < -0.39 is 5.97 Å². The molecule has 34 heavy (non-hydrogen) atoms. The van der Waals surface area contributed by atoms with Crippen molar-refractivity contribution in [2.24, 2.45) is 17.6 Å². The molecule has 0 bridgehead atoms. The SMILES string of the molecule is CC(C)(C)N.CC(C)Cc1ccc2c(c1)OC(C)(C)CN2c1cccc(N2CC(C(=O)[O-])C2)c1. The fourth-order valence-corrected chi connectivity index (χ4v) is 4.18. The average Bonchev–Trinajstić information content (AvgIpc) is 2.63. The van der Waals surface area contributed by atoms with E-state index in [0.29, 0.717) is 19.0 Å². The van der Waals surface area contributed by atoms with Crippen LogP contribution < -0.4 is 25.4 Å². The maximum absolute atomic E-state index is 11.0. The number of carbonyl (C=O) groups excluding carboxylic acids is 1. The van der Waals surface area contributed by atoms with Gasteiger partial charge in [0.2, 0.25) is 0 Å². The van der Waals surface area contributed by atoms with Crippen molar-refractivity contribution < 1.29 is 14.6 Å². The molecule has 1 saturated heterocycles. The fourth-order valence-electron chi connectivity index (χ4n) is 4.18. The zero-order chi connectivity index (χ0) is 25.3. The van der Waals surface area contributed by atoms with Gasteiger partial charge in [0.05, 0.1) is 12.2 Å². The van der Waals surface area contributed by atoms with Crippen molar-refractivity contribution in [2.45, 2.75) is 66.0 Å². The van der Waals surface area contributed by atoms with E-state index >= 15 is 0 Å². The number of benzene rings is 2. The molecule has 0 radical (unpaired) electrons. The lowest BCUT2D eigenvalue weighted by Crippen LogP contribution is -2.54. The van der Waals surface area contributed by atoms with Gasteiger partial charge >= 0.3 is 0 Å². The van der Waals surface area contributed by atoms with Crippen molar-refractivity contribution in [1.82, 2.24) is 0 Å². The number of ether oxygens (including phenoxy) is 1. The topological polar surface area (TPSA) is 81.9 Å². The molecule has 186 valence electrons. The van der Waals surface area contributed by atoms with E-state index in [9.17, 15) is 9.90 Å². The molecular formula is C28H40N3O3-. The molecule has 4 rings (SSSR count). The summed E-state index contributed by atoms with van der Waals surface area (Å²) in [5.74, 6) is 0.184. The second kappa shape index (κ2) is 9.87. The van der Waals surface area contributed by atoms with Crippen molar-refractivity contribution in [3.63, 3.8) is 0 Å². The summed E-state index contributed by atoms with van der Waals surface area (Å²) in [5.41, 5.74) is 9.55. The predicted octanol–water partition coefficient (Wildman–Crippen LogP) is 4.12. The molecule has 2 heterocycles. The minimum atomic E-state index is -0.960. The van der Waals surface area contributed by atoms with Gasteiger partial charge in [-0.1, -0.05) is 26.0 Å². The summed E-state index contributed by atoms with van der Waals surface area (Å²) in [6.07, 6.45) is 1.03. The molecule has 6 heteroatoms. The number of carboxylic acids is 1. The Morgan fingerprint density at radius 1 is 1.15 bits per heavy atom. The van der Waals surface area contributed by atoms with Gasteiger partial charge in [-0.15, -0.1) is 0 Å². The predicted molar refractivity (Wildman–Crippen MR) is 138 cm³/mol. The lowest BCUT2D eigenvalue weighted by Gasteiger charge is -2.43. The third-order valence-electron chi connectivity index (χ3n) is 5.61. The zero-order valence-electron chi connectivity index (χ0n) is 21.7. The lowest BCUT2D eigenvalue weighted by molar-refractivity contribution is -0.312. The van der Waals surface area contributed by atoms with Crippen LogP contribution in [0.5, 0.6) is 5.75 Å². The quantitative estimate of drug-likeness (QED) is 0.714. The molecule has 2 aromatic carbocycles. The van der Waals surface area contributed by atoms with Crippen LogP contribution in [-0.2, 0) is 11.2 Å². The molecule has 1 fully saturated rings. The first-order chi connectivity index (χ1) is 15.7. The van der Waals surface area contributed by atoms with Gasteiger partial charge in [0.25, 0.3) is 0 Å². The van der Waals surface area contributed by atoms with Crippen LogP contribution in [0.25, 0.3) is 0 Å². The van der Waals surface area contributed by atoms with Gasteiger partial charge in [0.1, 0.15) is 11.4 Å². The third kappa shape index (κ3) is 6.89. The number of carbonyl (C=O) groups is 1. The number of anilines is 3. The van der Waals surface area contributed by atoms with Gasteiger partial charge < -0.3 is 30.2 Å². The molecule has 0 saturated carbocycles. The maximum atomic E-state index is 11.0. The molecule has 2 aromatic rings. The van der Waals surface area contributed by atoms with Crippen LogP contribution in [-0.4, -0.2) is 36.7 Å². The monoisotopic (exact) mass is 466 g/mol. The van der Waals surface area contributed by atoms with Gasteiger partial charge in [-0.3, -0.25) is 0 Å². The molecular weight excluding hydrogens is 426 g/mol. The van der Waals surface area contributed by atoms with Gasteiger partial charge in [0, 0.05) is 41.9 Å². The molecule has 0 aromatic heterocycles. The first-order valence-corrected chi connectivity index (χ1v) is 12.2. The Hall–Kier alpha value is -2.73. The summed E-state index contributed by atoms with van der Waals surface area (Å²) < 4.78 is 6.32. The molecule has 0 amide bonds. The Morgan fingerprint density at radius 2 is 1.76 bits per heavy atom. The van der Waals surface area contributed by atoms with Crippen molar-refractivity contribution >= 4 is 23.0 Å². The number of rotatable bonds is 5. The van der Waals surface area contributed by atoms with E-state index in [1.807, 2.05) is 32.9 Å². The summed E-state index contributed by atoms with van der Waals surface area (Å²) in [6.45, 7) is 16.3. The normalized spacial score (nSPS) is 17.3. The van der Waals surface area contributed by atoms with Gasteiger partial charge in [-0.05, 0) is 82.9 Å². The highest BCUT2D eigenvalue weighted by Gasteiger charge is 2.33. The van der Waals surface area contributed by atoms with Gasteiger partial charge in [-0.25, -0.2) is 0 Å². The molecule has 2 aliphatic heterocycles. The Kier molecular flexibility index (Phi) is 7.51. The Labute approximate surface area is 204 Å². The number of aliphatic carboxylic acids is 1. The third-order valence-corrected chi connectivity index (χ3v) is 5.61. The van der Waals surface area contributed by atoms with Crippen LogP contribution >= 0.6 is 0 Å². The average molecular weight is 467 g/mol. The Balaban J connectivity index is 0.000000588. The summed E-state index contributed by atoms with van der Waals surface area (Å²) in [4.78, 5) is 15.4.